The average molecular weight is 372 g/mol. The van der Waals surface area contributed by atoms with Gasteiger partial charge in [0, 0.05) is 28.4 Å². The predicted molar refractivity (Wildman–Crippen MR) is 106 cm³/mol. The number of H-pyrrole nitrogens is 1. The number of nitrogens with one attached hydrogen (secondary N) is 2. The van der Waals surface area contributed by atoms with Gasteiger partial charge in [-0.05, 0) is 32.4 Å². The first-order valence-corrected chi connectivity index (χ1v) is 8.90. The summed E-state index contributed by atoms with van der Waals surface area (Å²) in [7, 11) is 0. The number of aliphatic carboxylic acids is 1. The van der Waals surface area contributed by atoms with Crippen molar-refractivity contribution in [2.75, 3.05) is 0 Å². The molecule has 1 atom stereocenters. The average Bonchev–Trinajstić information content (AvgIpc) is 2.92. The van der Waals surface area contributed by atoms with Gasteiger partial charge in [0.2, 0.25) is 0 Å². The number of aromatic amines is 1. The van der Waals surface area contributed by atoms with Gasteiger partial charge < -0.3 is 20.1 Å². The fourth-order valence-corrected chi connectivity index (χ4v) is 2.92. The Labute approximate surface area is 159 Å². The number of benzene rings is 1. The summed E-state index contributed by atoms with van der Waals surface area (Å²) >= 11 is 0. The van der Waals surface area contributed by atoms with Crippen molar-refractivity contribution in [3.05, 3.63) is 48.2 Å². The second kappa shape index (κ2) is 7.47. The molecule has 27 heavy (non-hydrogen) atoms. The van der Waals surface area contributed by atoms with Crippen LogP contribution in [0.25, 0.3) is 10.9 Å². The van der Waals surface area contributed by atoms with Gasteiger partial charge in [0.05, 0.1) is 0 Å². The molecule has 0 aliphatic carbocycles. The topological polar surface area (TPSA) is 91.4 Å². The molecule has 0 aliphatic rings. The molecule has 1 aromatic heterocycles. The molecule has 0 spiro atoms. The monoisotopic (exact) mass is 372 g/mol. The molecule has 0 aliphatic heterocycles. The maximum atomic E-state index is 12.1. The van der Waals surface area contributed by atoms with E-state index < -0.39 is 23.7 Å². The number of carboxylic acids is 1. The van der Waals surface area contributed by atoms with Crippen molar-refractivity contribution in [2.24, 2.45) is 0 Å². The Balaban J connectivity index is 2.41. The Morgan fingerprint density at radius 1 is 1.26 bits per heavy atom. The number of hydrogen-bond donors (Lipinski definition) is 3. The zero-order valence-electron chi connectivity index (χ0n) is 16.6. The molecule has 2 rings (SSSR count). The minimum absolute atomic E-state index is 0.130. The fourth-order valence-electron chi connectivity index (χ4n) is 2.92. The summed E-state index contributed by atoms with van der Waals surface area (Å²) < 4.78 is 5.21. The third-order valence-electron chi connectivity index (χ3n) is 4.37. The largest absolute Gasteiger partial charge is 0.480 e. The highest BCUT2D eigenvalue weighted by Gasteiger charge is 2.30. The molecule has 2 aromatic rings. The number of allylic oxidation sites excluding steroid dienone is 1. The molecule has 0 fully saturated rings. The normalized spacial score (nSPS) is 13.2. The quantitative estimate of drug-likeness (QED) is 0.664. The number of ether oxygens (including phenoxy) is 1. The van der Waals surface area contributed by atoms with Crippen molar-refractivity contribution in [3.8, 4) is 0 Å². The first kappa shape index (κ1) is 20.6. The predicted octanol–water partition coefficient (Wildman–Crippen LogP) is 4.15. The Morgan fingerprint density at radius 2 is 1.89 bits per heavy atom. The summed E-state index contributed by atoms with van der Waals surface area (Å²) in [6.45, 7) is 13.1. The number of rotatable bonds is 6. The lowest BCUT2D eigenvalue weighted by molar-refractivity contribution is -0.139. The summed E-state index contributed by atoms with van der Waals surface area (Å²) in [4.78, 5) is 27.3. The smallest absolute Gasteiger partial charge is 0.408 e. The van der Waals surface area contributed by atoms with Crippen LogP contribution in [0.5, 0.6) is 0 Å². The van der Waals surface area contributed by atoms with Crippen LogP contribution in [0.2, 0.25) is 0 Å². The number of carbonyl (C=O) groups excluding carboxylic acids is 1. The van der Waals surface area contributed by atoms with Crippen LogP contribution >= 0.6 is 0 Å². The SMILES string of the molecule is C=CC(C)(C)c1[nH]c2ccccc2c1C[C@@H](NC(=O)OC(C)(C)C)C(=O)O. The molecule has 0 saturated carbocycles. The van der Waals surface area contributed by atoms with E-state index >= 15 is 0 Å². The van der Waals surface area contributed by atoms with Crippen molar-refractivity contribution in [1.82, 2.24) is 10.3 Å². The first-order chi connectivity index (χ1) is 12.4. The lowest BCUT2D eigenvalue weighted by Crippen LogP contribution is -2.44. The van der Waals surface area contributed by atoms with Crippen LogP contribution in [0.1, 0.15) is 45.9 Å². The van der Waals surface area contributed by atoms with Gasteiger partial charge in [0.1, 0.15) is 11.6 Å². The molecule has 6 nitrogen and oxygen atoms in total. The van der Waals surface area contributed by atoms with Gasteiger partial charge in [-0.3, -0.25) is 0 Å². The van der Waals surface area contributed by atoms with Gasteiger partial charge in [-0.2, -0.15) is 0 Å². The lowest BCUT2D eigenvalue weighted by Gasteiger charge is -2.24. The van der Waals surface area contributed by atoms with Gasteiger partial charge in [0.25, 0.3) is 0 Å². The van der Waals surface area contributed by atoms with Crippen LogP contribution in [-0.2, 0) is 21.4 Å². The number of alkyl carbamates (subject to hydrolysis) is 1. The van der Waals surface area contributed by atoms with E-state index in [-0.39, 0.29) is 11.8 Å². The van der Waals surface area contributed by atoms with Crippen molar-refractivity contribution in [1.29, 1.82) is 0 Å². The maximum Gasteiger partial charge on any atom is 0.408 e. The van der Waals surface area contributed by atoms with Crippen LogP contribution in [0.3, 0.4) is 0 Å². The second-order valence-electron chi connectivity index (χ2n) is 8.19. The van der Waals surface area contributed by atoms with Crippen LogP contribution in [0, 0.1) is 0 Å². The Kier molecular flexibility index (Phi) is 5.68. The minimum Gasteiger partial charge on any atom is -0.480 e. The number of aromatic nitrogens is 1. The standard InChI is InChI=1S/C21H28N2O4/c1-7-21(5,6)17-14(13-10-8-9-11-15(13)22-17)12-16(18(24)25)23-19(26)27-20(2,3)4/h7-11,16,22H,1,12H2,2-6H3,(H,23,26)(H,24,25)/t16-/m1/s1. The van der Waals surface area contributed by atoms with Gasteiger partial charge in [-0.15, -0.1) is 6.58 Å². The third kappa shape index (κ3) is 4.90. The van der Waals surface area contributed by atoms with Crippen LogP contribution in [0.15, 0.2) is 36.9 Å². The number of carbonyl (C=O) groups is 2. The molecule has 146 valence electrons. The van der Waals surface area contributed by atoms with E-state index in [4.69, 9.17) is 4.74 Å². The summed E-state index contributed by atoms with van der Waals surface area (Å²) in [6.07, 6.45) is 1.20. The highest BCUT2D eigenvalue weighted by atomic mass is 16.6. The second-order valence-corrected chi connectivity index (χ2v) is 8.19. The summed E-state index contributed by atoms with van der Waals surface area (Å²) in [5, 5.41) is 13.0. The van der Waals surface area contributed by atoms with E-state index in [1.54, 1.807) is 20.8 Å². The third-order valence-corrected chi connectivity index (χ3v) is 4.37. The van der Waals surface area contributed by atoms with Crippen molar-refractivity contribution in [3.63, 3.8) is 0 Å². The van der Waals surface area contributed by atoms with E-state index in [2.05, 4.69) is 16.9 Å². The molecule has 0 unspecified atom stereocenters. The molecule has 3 N–H and O–H groups in total. The molecule has 0 radical (unpaired) electrons. The number of amides is 1. The molecule has 0 saturated heterocycles. The van der Waals surface area contributed by atoms with Crippen molar-refractivity contribution >= 4 is 23.0 Å². The van der Waals surface area contributed by atoms with E-state index in [1.165, 1.54) is 0 Å². The van der Waals surface area contributed by atoms with E-state index in [0.717, 1.165) is 22.2 Å². The first-order valence-electron chi connectivity index (χ1n) is 8.90. The summed E-state index contributed by atoms with van der Waals surface area (Å²) in [5.74, 6) is -1.12. The zero-order valence-corrected chi connectivity index (χ0v) is 16.6. The van der Waals surface area contributed by atoms with Crippen LogP contribution in [-0.4, -0.2) is 33.8 Å². The van der Waals surface area contributed by atoms with E-state index in [9.17, 15) is 14.7 Å². The molecule has 1 heterocycles. The molecule has 0 bridgehead atoms. The molecule has 1 amide bonds. The van der Waals surface area contributed by atoms with Gasteiger partial charge >= 0.3 is 12.1 Å². The van der Waals surface area contributed by atoms with Crippen molar-refractivity contribution < 1.29 is 19.4 Å². The van der Waals surface area contributed by atoms with E-state index in [0.29, 0.717) is 0 Å². The fraction of sp³-hybridized carbons (Fsp3) is 0.429. The Morgan fingerprint density at radius 3 is 2.44 bits per heavy atom. The van der Waals surface area contributed by atoms with Crippen molar-refractivity contribution in [2.45, 2.75) is 58.1 Å². The Bertz CT molecular complexity index is 859. The minimum atomic E-state index is -1.12. The molecule has 1 aromatic carbocycles. The van der Waals surface area contributed by atoms with Gasteiger partial charge in [-0.1, -0.05) is 38.1 Å². The molecular formula is C21H28N2O4. The summed E-state index contributed by atoms with van der Waals surface area (Å²) in [5.41, 5.74) is 1.56. The van der Waals surface area contributed by atoms with Crippen LogP contribution in [0.4, 0.5) is 4.79 Å². The number of fused-ring (bicyclic) bond motifs is 1. The lowest BCUT2D eigenvalue weighted by atomic mass is 9.85. The number of para-hydroxylation sites is 1. The highest BCUT2D eigenvalue weighted by molar-refractivity contribution is 5.87. The van der Waals surface area contributed by atoms with Gasteiger partial charge in [0.15, 0.2) is 0 Å². The Hall–Kier alpha value is -2.76. The molecule has 6 heteroatoms. The number of carboxylic acid groups (broad SMARTS) is 1. The van der Waals surface area contributed by atoms with Gasteiger partial charge in [-0.25, -0.2) is 9.59 Å². The zero-order chi connectivity index (χ0) is 20.4. The molecular weight excluding hydrogens is 344 g/mol. The summed E-state index contributed by atoms with van der Waals surface area (Å²) in [6, 6.07) is 6.59. The van der Waals surface area contributed by atoms with E-state index in [1.807, 2.05) is 44.2 Å². The highest BCUT2D eigenvalue weighted by Crippen LogP contribution is 2.33. The van der Waals surface area contributed by atoms with Crippen LogP contribution < -0.4 is 5.32 Å². The maximum absolute atomic E-state index is 12.1. The number of hydrogen-bond acceptors (Lipinski definition) is 3.